The van der Waals surface area contributed by atoms with Gasteiger partial charge in [0.1, 0.15) is 17.2 Å². The summed E-state index contributed by atoms with van der Waals surface area (Å²) in [5, 5.41) is 25.6. The van der Waals surface area contributed by atoms with Gasteiger partial charge in [-0.25, -0.2) is 0 Å². The van der Waals surface area contributed by atoms with Gasteiger partial charge in [-0.2, -0.15) is 0 Å². The second kappa shape index (κ2) is 8.61. The number of oxime groups is 2. The third kappa shape index (κ3) is 3.64. The molecule has 2 N–H and O–H groups in total. The van der Waals surface area contributed by atoms with Crippen LogP contribution >= 0.6 is 0 Å². The van der Waals surface area contributed by atoms with Crippen LogP contribution in [0, 0.1) is 0 Å². The van der Waals surface area contributed by atoms with Gasteiger partial charge in [-0.1, -0.05) is 10.3 Å². The fraction of sp³-hybridized carbons (Fsp3) is 0.222. The van der Waals surface area contributed by atoms with Crippen LogP contribution < -0.4 is 18.9 Å². The van der Waals surface area contributed by atoms with Crippen molar-refractivity contribution in [1.29, 1.82) is 0 Å². The van der Waals surface area contributed by atoms with Crippen LogP contribution in [0.15, 0.2) is 46.7 Å². The lowest BCUT2D eigenvalue weighted by atomic mass is 9.99. The quantitative estimate of drug-likeness (QED) is 0.447. The fourth-order valence-corrected chi connectivity index (χ4v) is 2.45. The molecule has 0 saturated carbocycles. The summed E-state index contributed by atoms with van der Waals surface area (Å²) in [6.45, 7) is 0. The highest BCUT2D eigenvalue weighted by atomic mass is 16.5. The molecule has 8 nitrogen and oxygen atoms in total. The average molecular weight is 360 g/mol. The molecule has 2 aromatic rings. The van der Waals surface area contributed by atoms with E-state index in [0.29, 0.717) is 34.1 Å². The van der Waals surface area contributed by atoms with Crippen molar-refractivity contribution in [2.45, 2.75) is 0 Å². The highest BCUT2D eigenvalue weighted by molar-refractivity contribution is 6.53. The predicted octanol–water partition coefficient (Wildman–Crippen LogP) is 2.78. The highest BCUT2D eigenvalue weighted by Gasteiger charge is 2.21. The zero-order valence-corrected chi connectivity index (χ0v) is 14.9. The Morgan fingerprint density at radius 1 is 0.692 bits per heavy atom. The van der Waals surface area contributed by atoms with Gasteiger partial charge in [-0.3, -0.25) is 0 Å². The number of nitrogens with zero attached hydrogens (tertiary/aromatic N) is 2. The van der Waals surface area contributed by atoms with Crippen LogP contribution in [-0.2, 0) is 0 Å². The minimum Gasteiger partial charge on any atom is -0.497 e. The molecule has 0 spiro atoms. The maximum atomic E-state index is 9.56. The molecule has 0 heterocycles. The summed E-state index contributed by atoms with van der Waals surface area (Å²) in [6, 6.07) is 9.93. The second-order valence-corrected chi connectivity index (χ2v) is 5.04. The van der Waals surface area contributed by atoms with E-state index < -0.39 is 0 Å². The van der Waals surface area contributed by atoms with Gasteiger partial charge >= 0.3 is 0 Å². The molecule has 26 heavy (non-hydrogen) atoms. The first-order valence-corrected chi connectivity index (χ1v) is 7.52. The van der Waals surface area contributed by atoms with Crippen molar-refractivity contribution in [1.82, 2.24) is 0 Å². The molecule has 0 saturated heterocycles. The van der Waals surface area contributed by atoms with Gasteiger partial charge in [0.15, 0.2) is 11.5 Å². The van der Waals surface area contributed by atoms with E-state index in [2.05, 4.69) is 10.3 Å². The van der Waals surface area contributed by atoms with Gasteiger partial charge < -0.3 is 29.4 Å². The summed E-state index contributed by atoms with van der Waals surface area (Å²) in [5.41, 5.74) is 1.02. The summed E-state index contributed by atoms with van der Waals surface area (Å²) in [4.78, 5) is 0. The Labute approximate surface area is 150 Å². The summed E-state index contributed by atoms with van der Waals surface area (Å²) in [6.07, 6.45) is 0. The average Bonchev–Trinajstić information content (AvgIpc) is 2.70. The van der Waals surface area contributed by atoms with E-state index in [1.165, 1.54) is 21.3 Å². The van der Waals surface area contributed by atoms with E-state index in [-0.39, 0.29) is 11.4 Å². The molecule has 2 aromatic carbocycles. The molecule has 0 aliphatic carbocycles. The predicted molar refractivity (Wildman–Crippen MR) is 95.7 cm³/mol. The van der Waals surface area contributed by atoms with E-state index in [1.54, 1.807) is 43.5 Å². The van der Waals surface area contributed by atoms with E-state index in [4.69, 9.17) is 18.9 Å². The molecule has 0 aromatic heterocycles. The van der Waals surface area contributed by atoms with Crippen molar-refractivity contribution in [2.75, 3.05) is 28.4 Å². The summed E-state index contributed by atoms with van der Waals surface area (Å²) >= 11 is 0. The largest absolute Gasteiger partial charge is 0.497 e. The van der Waals surface area contributed by atoms with Crippen LogP contribution in [0.2, 0.25) is 0 Å². The molecule has 138 valence electrons. The normalized spacial score (nSPS) is 11.8. The van der Waals surface area contributed by atoms with Crippen LogP contribution in [0.4, 0.5) is 0 Å². The number of benzene rings is 2. The zero-order valence-electron chi connectivity index (χ0n) is 14.9. The molecular weight excluding hydrogens is 340 g/mol. The van der Waals surface area contributed by atoms with E-state index in [1.807, 2.05) is 0 Å². The molecule has 0 unspecified atom stereocenters. The van der Waals surface area contributed by atoms with Gasteiger partial charge in [0.05, 0.1) is 28.4 Å². The topological polar surface area (TPSA) is 102 Å². The van der Waals surface area contributed by atoms with E-state index in [0.717, 1.165) is 0 Å². The third-order valence-electron chi connectivity index (χ3n) is 3.73. The minimum absolute atomic E-state index is 0.0249. The molecular formula is C18H20N2O6. The number of hydrogen-bond acceptors (Lipinski definition) is 8. The first-order chi connectivity index (χ1) is 12.6. The van der Waals surface area contributed by atoms with Gasteiger partial charge in [0.2, 0.25) is 5.75 Å². The molecule has 8 heteroatoms. The molecule has 2 rings (SSSR count). The Morgan fingerprint density at radius 3 is 1.58 bits per heavy atom. The molecule has 0 bridgehead atoms. The smallest absolute Gasteiger partial charge is 0.203 e. The molecule has 0 amide bonds. The maximum absolute atomic E-state index is 9.56. The Balaban J connectivity index is 2.55. The summed E-state index contributed by atoms with van der Waals surface area (Å²) < 4.78 is 21.0. The van der Waals surface area contributed by atoms with Crippen LogP contribution in [0.5, 0.6) is 23.0 Å². The van der Waals surface area contributed by atoms with Crippen LogP contribution in [0.3, 0.4) is 0 Å². The molecule has 0 radical (unpaired) electrons. The Morgan fingerprint density at radius 2 is 1.19 bits per heavy atom. The number of rotatable bonds is 7. The van der Waals surface area contributed by atoms with Crippen molar-refractivity contribution in [3.63, 3.8) is 0 Å². The van der Waals surface area contributed by atoms with Crippen LogP contribution in [-0.4, -0.2) is 50.3 Å². The van der Waals surface area contributed by atoms with Crippen molar-refractivity contribution in [3.05, 3.63) is 47.5 Å². The minimum atomic E-state index is 0.0249. The summed E-state index contributed by atoms with van der Waals surface area (Å²) in [5.74, 6) is 1.77. The second-order valence-electron chi connectivity index (χ2n) is 5.04. The zero-order chi connectivity index (χ0) is 19.1. The van der Waals surface area contributed by atoms with Crippen LogP contribution in [0.25, 0.3) is 0 Å². The van der Waals surface area contributed by atoms with E-state index >= 15 is 0 Å². The SMILES string of the molecule is COc1ccc(C(=N\O)/C(=N\O)c2cc(OC)c(OC)c(OC)c2)cc1. The lowest BCUT2D eigenvalue weighted by molar-refractivity contribution is 0.314. The van der Waals surface area contributed by atoms with Crippen molar-refractivity contribution < 1.29 is 29.4 Å². The molecule has 0 atom stereocenters. The Hall–Kier alpha value is -3.42. The molecule has 0 aliphatic rings. The van der Waals surface area contributed by atoms with Crippen molar-refractivity contribution in [3.8, 4) is 23.0 Å². The number of hydrogen-bond donors (Lipinski definition) is 2. The van der Waals surface area contributed by atoms with Crippen molar-refractivity contribution in [2.24, 2.45) is 10.3 Å². The highest BCUT2D eigenvalue weighted by Crippen LogP contribution is 2.38. The number of methoxy groups -OCH3 is 4. The lowest BCUT2D eigenvalue weighted by Gasteiger charge is -2.15. The number of ether oxygens (including phenoxy) is 4. The molecule has 0 fully saturated rings. The van der Waals surface area contributed by atoms with Gasteiger partial charge in [0, 0.05) is 11.1 Å². The Kier molecular flexibility index (Phi) is 6.26. The first-order valence-electron chi connectivity index (χ1n) is 7.52. The van der Waals surface area contributed by atoms with Gasteiger partial charge in [-0.05, 0) is 36.4 Å². The lowest BCUT2D eigenvalue weighted by Crippen LogP contribution is -2.18. The maximum Gasteiger partial charge on any atom is 0.203 e. The third-order valence-corrected chi connectivity index (χ3v) is 3.73. The standard InChI is InChI=1S/C18H20N2O6/c1-23-13-7-5-11(6-8-13)16(19-21)17(20-22)12-9-14(24-2)18(26-4)15(10-12)25-3/h5-10,21-22H,1-4H3/b19-16+,20-17-. The summed E-state index contributed by atoms with van der Waals surface area (Å²) in [7, 11) is 5.98. The monoisotopic (exact) mass is 360 g/mol. The van der Waals surface area contributed by atoms with Crippen molar-refractivity contribution >= 4 is 11.4 Å². The van der Waals surface area contributed by atoms with Gasteiger partial charge in [0.25, 0.3) is 0 Å². The van der Waals surface area contributed by atoms with E-state index in [9.17, 15) is 10.4 Å². The van der Waals surface area contributed by atoms with Crippen LogP contribution in [0.1, 0.15) is 11.1 Å². The molecule has 0 aliphatic heterocycles. The Bertz CT molecular complexity index is 790. The fourth-order valence-electron chi connectivity index (χ4n) is 2.45. The van der Waals surface area contributed by atoms with Gasteiger partial charge in [-0.15, -0.1) is 0 Å². The first kappa shape index (κ1) is 18.9.